The summed E-state index contributed by atoms with van der Waals surface area (Å²) in [4.78, 5) is 28.6. The van der Waals surface area contributed by atoms with Gasteiger partial charge in [-0.15, -0.1) is 11.8 Å². The summed E-state index contributed by atoms with van der Waals surface area (Å²) in [5.41, 5.74) is 4.13. The molecule has 1 saturated heterocycles. The summed E-state index contributed by atoms with van der Waals surface area (Å²) in [6, 6.07) is 16.3. The first-order valence-electron chi connectivity index (χ1n) is 13.0. The first kappa shape index (κ1) is 27.0. The number of hydrogen-bond donors (Lipinski definition) is 2. The molecule has 2 aliphatic carbocycles. The van der Waals surface area contributed by atoms with Crippen molar-refractivity contribution < 1.29 is 19.1 Å². The number of aliphatic carboxylic acids is 1. The number of amides is 1. The van der Waals surface area contributed by atoms with E-state index in [1.165, 1.54) is 12.1 Å². The first-order chi connectivity index (χ1) is 18.2. The van der Waals surface area contributed by atoms with Gasteiger partial charge in [-0.3, -0.25) is 9.59 Å². The summed E-state index contributed by atoms with van der Waals surface area (Å²) < 4.78 is 13.4. The average molecular weight is 556 g/mol. The van der Waals surface area contributed by atoms with E-state index in [4.69, 9.17) is 17.3 Å². The number of primary amides is 1. The number of likely N-dealkylation sites (tertiary alicyclic amines) is 1. The molecule has 6 nitrogen and oxygen atoms in total. The summed E-state index contributed by atoms with van der Waals surface area (Å²) in [6.45, 7) is 2.19. The molecule has 0 radical (unpaired) electrons. The van der Waals surface area contributed by atoms with Crippen LogP contribution in [0.15, 0.2) is 53.4 Å². The number of carboxylic acids is 1. The zero-order valence-corrected chi connectivity index (χ0v) is 22.6. The molecule has 5 atom stereocenters. The fourth-order valence-electron chi connectivity index (χ4n) is 6.87. The van der Waals surface area contributed by atoms with Crippen LogP contribution in [0.25, 0.3) is 0 Å². The van der Waals surface area contributed by atoms with Crippen LogP contribution in [0.2, 0.25) is 5.02 Å². The summed E-state index contributed by atoms with van der Waals surface area (Å²) in [5, 5.41) is 21.2. The number of nitrogens with two attached hydrogens (primary N) is 1. The molecule has 38 heavy (non-hydrogen) atoms. The maximum atomic E-state index is 13.4. The summed E-state index contributed by atoms with van der Waals surface area (Å²) in [6.07, 6.45) is 3.01. The molecule has 2 aromatic rings. The number of piperidine rings is 1. The Kier molecular flexibility index (Phi) is 7.47. The molecule has 200 valence electrons. The number of rotatable bonds is 8. The molecule has 1 heterocycles. The van der Waals surface area contributed by atoms with Gasteiger partial charge in [-0.25, -0.2) is 4.39 Å². The van der Waals surface area contributed by atoms with Crippen LogP contribution in [-0.2, 0) is 9.59 Å². The SMILES string of the molecule is N#CC1(C(N)=O)CC1[C@]1(C(=O)O)C[C@H](Sc2ccccc2Cl)C[C@H]1CN1CCC(c2ccc(F)cc2)CC1. The normalized spacial score (nSPS) is 31.6. The van der Waals surface area contributed by atoms with E-state index in [9.17, 15) is 24.3 Å². The molecule has 5 rings (SSSR count). The van der Waals surface area contributed by atoms with E-state index in [1.807, 2.05) is 36.4 Å². The molecule has 0 spiro atoms. The topological polar surface area (TPSA) is 107 Å². The lowest BCUT2D eigenvalue weighted by Gasteiger charge is -2.38. The van der Waals surface area contributed by atoms with Crippen molar-refractivity contribution in [3.63, 3.8) is 0 Å². The Morgan fingerprint density at radius 3 is 2.42 bits per heavy atom. The summed E-state index contributed by atoms with van der Waals surface area (Å²) in [7, 11) is 0. The van der Waals surface area contributed by atoms with E-state index in [-0.39, 0.29) is 23.4 Å². The highest BCUT2D eigenvalue weighted by Gasteiger charge is 2.74. The van der Waals surface area contributed by atoms with Crippen LogP contribution >= 0.6 is 23.4 Å². The van der Waals surface area contributed by atoms with Gasteiger partial charge in [0.2, 0.25) is 5.91 Å². The second kappa shape index (κ2) is 10.5. The van der Waals surface area contributed by atoms with Crippen molar-refractivity contribution in [2.75, 3.05) is 19.6 Å². The van der Waals surface area contributed by atoms with E-state index in [1.54, 1.807) is 11.8 Å². The Morgan fingerprint density at radius 2 is 1.84 bits per heavy atom. The number of halogens is 2. The lowest BCUT2D eigenvalue weighted by Crippen LogP contribution is -2.46. The van der Waals surface area contributed by atoms with Gasteiger partial charge in [0.15, 0.2) is 0 Å². The quantitative estimate of drug-likeness (QED) is 0.457. The Bertz CT molecular complexity index is 1260. The minimum absolute atomic E-state index is 0.0161. The van der Waals surface area contributed by atoms with Crippen LogP contribution in [0.3, 0.4) is 0 Å². The molecular weight excluding hydrogens is 525 g/mol. The van der Waals surface area contributed by atoms with Crippen molar-refractivity contribution in [3.8, 4) is 6.07 Å². The summed E-state index contributed by atoms with van der Waals surface area (Å²) in [5.74, 6) is -2.42. The molecule has 3 fully saturated rings. The van der Waals surface area contributed by atoms with Crippen LogP contribution in [0.4, 0.5) is 4.39 Å². The largest absolute Gasteiger partial charge is 0.481 e. The van der Waals surface area contributed by atoms with Crippen molar-refractivity contribution >= 4 is 35.2 Å². The van der Waals surface area contributed by atoms with Gasteiger partial charge in [0.1, 0.15) is 11.2 Å². The zero-order valence-electron chi connectivity index (χ0n) is 21.0. The molecule has 2 saturated carbocycles. The lowest BCUT2D eigenvalue weighted by molar-refractivity contribution is -0.154. The Morgan fingerprint density at radius 1 is 1.16 bits per heavy atom. The molecule has 0 bridgehead atoms. The maximum absolute atomic E-state index is 13.4. The molecule has 2 aromatic carbocycles. The number of nitriles is 1. The van der Waals surface area contributed by atoms with Crippen LogP contribution in [0, 0.1) is 39.8 Å². The molecule has 9 heteroatoms. The van der Waals surface area contributed by atoms with Crippen molar-refractivity contribution in [2.45, 2.75) is 48.2 Å². The standard InChI is InChI=1S/C29H31ClFN3O3S/c30-23-3-1-2-4-24(23)38-22-13-20(29(14-22,27(36)37)25-15-28(25,17-32)26(33)35)16-34-11-9-19(10-12-34)18-5-7-21(31)8-6-18/h1-8,19-20,22,25H,9-16H2,(H2,33,35)(H,36,37)/t20-,22+,25?,28?,29-/m0/s1. The smallest absolute Gasteiger partial charge is 0.310 e. The second-order valence-electron chi connectivity index (χ2n) is 11.0. The predicted molar refractivity (Wildman–Crippen MR) is 144 cm³/mol. The monoisotopic (exact) mass is 555 g/mol. The van der Waals surface area contributed by atoms with E-state index < -0.39 is 28.6 Å². The fraction of sp³-hybridized carbons (Fsp3) is 0.483. The lowest BCUT2D eigenvalue weighted by atomic mass is 9.70. The van der Waals surface area contributed by atoms with Crippen LogP contribution < -0.4 is 5.73 Å². The zero-order chi connectivity index (χ0) is 27.1. The van der Waals surface area contributed by atoms with Gasteiger partial charge >= 0.3 is 5.97 Å². The molecule has 2 unspecified atom stereocenters. The number of carbonyl (C=O) groups excluding carboxylic acids is 1. The Labute approximate surface area is 231 Å². The van der Waals surface area contributed by atoms with Gasteiger partial charge < -0.3 is 15.7 Å². The van der Waals surface area contributed by atoms with Gasteiger partial charge in [-0.1, -0.05) is 35.9 Å². The molecule has 3 aliphatic rings. The highest BCUT2D eigenvalue weighted by Crippen LogP contribution is 2.68. The van der Waals surface area contributed by atoms with E-state index in [0.717, 1.165) is 36.4 Å². The molecule has 3 N–H and O–H groups in total. The van der Waals surface area contributed by atoms with Gasteiger partial charge in [0.05, 0.1) is 16.5 Å². The third-order valence-electron chi connectivity index (χ3n) is 9.00. The van der Waals surface area contributed by atoms with Gasteiger partial charge in [0.25, 0.3) is 0 Å². The second-order valence-corrected chi connectivity index (χ2v) is 12.7. The van der Waals surface area contributed by atoms with E-state index in [0.29, 0.717) is 30.3 Å². The third-order valence-corrected chi connectivity index (χ3v) is 10.7. The Balaban J connectivity index is 1.37. The number of thioether (sulfide) groups is 1. The third kappa shape index (κ3) is 4.81. The number of nitrogens with zero attached hydrogens (tertiary/aromatic N) is 2. The van der Waals surface area contributed by atoms with E-state index >= 15 is 0 Å². The Hall–Kier alpha value is -2.60. The van der Waals surface area contributed by atoms with Crippen LogP contribution in [0.5, 0.6) is 0 Å². The van der Waals surface area contributed by atoms with Crippen molar-refractivity contribution in [1.82, 2.24) is 4.90 Å². The van der Waals surface area contributed by atoms with Gasteiger partial charge in [-0.2, -0.15) is 5.26 Å². The molecule has 1 amide bonds. The van der Waals surface area contributed by atoms with Crippen molar-refractivity contribution in [2.24, 2.45) is 28.4 Å². The number of benzene rings is 2. The first-order valence-corrected chi connectivity index (χ1v) is 14.3. The van der Waals surface area contributed by atoms with Crippen LogP contribution in [-0.4, -0.2) is 46.8 Å². The number of carboxylic acid groups (broad SMARTS) is 1. The average Bonchev–Trinajstić information content (AvgIpc) is 3.56. The summed E-state index contributed by atoms with van der Waals surface area (Å²) >= 11 is 7.99. The molecular formula is C29H31ClFN3O3S. The van der Waals surface area contributed by atoms with Crippen LogP contribution in [0.1, 0.15) is 43.6 Å². The highest BCUT2D eigenvalue weighted by molar-refractivity contribution is 8.00. The van der Waals surface area contributed by atoms with Crippen molar-refractivity contribution in [3.05, 3.63) is 64.9 Å². The van der Waals surface area contributed by atoms with Crippen molar-refractivity contribution in [1.29, 1.82) is 5.26 Å². The maximum Gasteiger partial charge on any atom is 0.310 e. The minimum Gasteiger partial charge on any atom is -0.481 e. The van der Waals surface area contributed by atoms with Gasteiger partial charge in [0, 0.05) is 22.6 Å². The molecule has 1 aliphatic heterocycles. The number of carbonyl (C=O) groups is 2. The predicted octanol–water partition coefficient (Wildman–Crippen LogP) is 5.32. The van der Waals surface area contributed by atoms with E-state index in [2.05, 4.69) is 11.0 Å². The highest BCUT2D eigenvalue weighted by atomic mass is 35.5. The molecule has 0 aromatic heterocycles. The minimum atomic E-state index is -1.42. The fourth-order valence-corrected chi connectivity index (χ4v) is 8.52. The van der Waals surface area contributed by atoms with Gasteiger partial charge in [-0.05, 0) is 86.9 Å². The number of hydrogen-bond acceptors (Lipinski definition) is 5.